The summed E-state index contributed by atoms with van der Waals surface area (Å²) in [5, 5.41) is 3.15. The molecule has 21 heavy (non-hydrogen) atoms. The third-order valence-electron chi connectivity index (χ3n) is 3.42. The molecule has 2 nitrogen and oxygen atoms in total. The lowest BCUT2D eigenvalue weighted by Crippen LogP contribution is -2.44. The zero-order valence-corrected chi connectivity index (χ0v) is 12.1. The Bertz CT molecular complexity index is 484. The van der Waals surface area contributed by atoms with E-state index in [-0.39, 0.29) is 18.0 Å². The van der Waals surface area contributed by atoms with Crippen molar-refractivity contribution in [2.75, 3.05) is 26.2 Å². The summed E-state index contributed by atoms with van der Waals surface area (Å²) in [6.07, 6.45) is -3.20. The summed E-state index contributed by atoms with van der Waals surface area (Å²) >= 11 is 0. The number of piperazine rings is 1. The quantitative estimate of drug-likeness (QED) is 0.677. The van der Waals surface area contributed by atoms with Crippen LogP contribution in [0.25, 0.3) is 0 Å². The van der Waals surface area contributed by atoms with Gasteiger partial charge >= 0.3 is 6.18 Å². The molecule has 0 spiro atoms. The molecule has 118 valence electrons. The van der Waals surface area contributed by atoms with Gasteiger partial charge < -0.3 is 5.32 Å². The van der Waals surface area contributed by atoms with Crippen LogP contribution in [0.4, 0.5) is 17.6 Å². The maximum Gasteiger partial charge on any atom is 0.419 e. The highest BCUT2D eigenvalue weighted by molar-refractivity contribution is 5.85. The van der Waals surface area contributed by atoms with E-state index < -0.39 is 23.6 Å². The average molecular weight is 325 g/mol. The summed E-state index contributed by atoms with van der Waals surface area (Å²) in [4.78, 5) is 1.92. The fourth-order valence-corrected chi connectivity index (χ4v) is 2.43. The van der Waals surface area contributed by atoms with Crippen molar-refractivity contribution in [3.8, 4) is 0 Å². The first kappa shape index (κ1) is 17.9. The van der Waals surface area contributed by atoms with Crippen LogP contribution < -0.4 is 5.32 Å². The van der Waals surface area contributed by atoms with Crippen LogP contribution in [0.3, 0.4) is 0 Å². The largest absolute Gasteiger partial charge is 0.419 e. The van der Waals surface area contributed by atoms with Crippen molar-refractivity contribution in [2.45, 2.75) is 12.2 Å². The third-order valence-corrected chi connectivity index (χ3v) is 3.42. The van der Waals surface area contributed by atoms with Crippen molar-refractivity contribution in [1.82, 2.24) is 10.2 Å². The van der Waals surface area contributed by atoms with Crippen LogP contribution in [-0.4, -0.2) is 31.1 Å². The lowest BCUT2D eigenvalue weighted by atomic mass is 10.0. The van der Waals surface area contributed by atoms with Gasteiger partial charge in [-0.2, -0.15) is 13.2 Å². The first-order valence-corrected chi connectivity index (χ1v) is 6.38. The average Bonchev–Trinajstić information content (AvgIpc) is 2.41. The van der Waals surface area contributed by atoms with Crippen molar-refractivity contribution in [2.24, 2.45) is 0 Å². The second kappa shape index (κ2) is 7.24. The Hall–Kier alpha value is -1.11. The highest BCUT2D eigenvalue weighted by atomic mass is 35.5. The number of nitrogens with zero attached hydrogens (tertiary/aromatic N) is 1. The van der Waals surface area contributed by atoms with Gasteiger partial charge in [-0.05, 0) is 6.07 Å². The number of hydrogen-bond donors (Lipinski definition) is 1. The Morgan fingerprint density at radius 2 is 1.86 bits per heavy atom. The lowest BCUT2D eigenvalue weighted by Gasteiger charge is -2.33. The standard InChI is InChI=1S/C14H16F4N2.ClH/c1-2-12(20-8-6-19-7-9-20)10-4-3-5-11(13(10)15)14(16,17)18;/h2-5,12,19H,1,6-9H2;1H/t12-;/m0./s1. The molecule has 1 fully saturated rings. The van der Waals surface area contributed by atoms with Gasteiger partial charge in [-0.15, -0.1) is 19.0 Å². The van der Waals surface area contributed by atoms with E-state index in [0.717, 1.165) is 19.2 Å². The summed E-state index contributed by atoms with van der Waals surface area (Å²) in [5.41, 5.74) is -1.20. The Balaban J connectivity index is 0.00000220. The van der Waals surface area contributed by atoms with Crippen LogP contribution in [-0.2, 0) is 6.18 Å². The van der Waals surface area contributed by atoms with Gasteiger partial charge in [0.25, 0.3) is 0 Å². The molecule has 1 aliphatic heterocycles. The molecule has 1 atom stereocenters. The third kappa shape index (κ3) is 3.96. The number of benzene rings is 1. The van der Waals surface area contributed by atoms with Crippen LogP contribution in [0.5, 0.6) is 0 Å². The van der Waals surface area contributed by atoms with Crippen LogP contribution in [0, 0.1) is 5.82 Å². The van der Waals surface area contributed by atoms with Crippen LogP contribution in [0.15, 0.2) is 30.9 Å². The molecule has 7 heteroatoms. The van der Waals surface area contributed by atoms with Crippen molar-refractivity contribution < 1.29 is 17.6 Å². The van der Waals surface area contributed by atoms with Crippen molar-refractivity contribution in [1.29, 1.82) is 0 Å². The predicted molar refractivity (Wildman–Crippen MR) is 76.0 cm³/mol. The number of alkyl halides is 3. The van der Waals surface area contributed by atoms with Gasteiger partial charge in [0.15, 0.2) is 0 Å². The number of rotatable bonds is 3. The smallest absolute Gasteiger partial charge is 0.314 e. The SMILES string of the molecule is C=C[C@@H](c1cccc(C(F)(F)F)c1F)N1CCNCC1.Cl. The molecule has 0 amide bonds. The summed E-state index contributed by atoms with van der Waals surface area (Å²) in [6, 6.07) is 2.84. The lowest BCUT2D eigenvalue weighted by molar-refractivity contribution is -0.140. The maximum atomic E-state index is 14.2. The van der Waals surface area contributed by atoms with E-state index in [9.17, 15) is 17.6 Å². The molecule has 1 N–H and O–H groups in total. The zero-order valence-electron chi connectivity index (χ0n) is 11.3. The predicted octanol–water partition coefficient (Wildman–Crippen LogP) is 3.40. The van der Waals surface area contributed by atoms with Crippen LogP contribution in [0.2, 0.25) is 0 Å². The van der Waals surface area contributed by atoms with Gasteiger partial charge in [0.05, 0.1) is 11.6 Å². The number of halogens is 5. The van der Waals surface area contributed by atoms with E-state index >= 15 is 0 Å². The molecule has 0 aliphatic carbocycles. The van der Waals surface area contributed by atoms with Crippen molar-refractivity contribution >= 4 is 12.4 Å². The van der Waals surface area contributed by atoms with Crippen LogP contribution >= 0.6 is 12.4 Å². The summed E-state index contributed by atoms with van der Waals surface area (Å²) in [7, 11) is 0. The highest BCUT2D eigenvalue weighted by Gasteiger charge is 2.36. The molecule has 2 rings (SSSR count). The molecule has 1 aromatic rings. The van der Waals surface area contributed by atoms with Gasteiger partial charge in [-0.3, -0.25) is 4.90 Å². The minimum atomic E-state index is -4.69. The molecular weight excluding hydrogens is 308 g/mol. The first-order chi connectivity index (χ1) is 9.45. The summed E-state index contributed by atoms with van der Waals surface area (Å²) in [6.45, 7) is 6.38. The first-order valence-electron chi connectivity index (χ1n) is 6.38. The Labute approximate surface area is 127 Å². The Morgan fingerprint density at radius 3 is 2.38 bits per heavy atom. The van der Waals surface area contributed by atoms with E-state index in [1.807, 2.05) is 4.90 Å². The van der Waals surface area contributed by atoms with Gasteiger partial charge in [0, 0.05) is 31.7 Å². The minimum absolute atomic E-state index is 0. The molecule has 1 aliphatic rings. The molecule has 0 radical (unpaired) electrons. The van der Waals surface area contributed by atoms with Crippen LogP contribution in [0.1, 0.15) is 17.2 Å². The molecule has 0 aromatic heterocycles. The van der Waals surface area contributed by atoms with E-state index in [2.05, 4.69) is 11.9 Å². The normalized spacial score (nSPS) is 17.9. The van der Waals surface area contributed by atoms with E-state index in [0.29, 0.717) is 13.1 Å². The Morgan fingerprint density at radius 1 is 1.24 bits per heavy atom. The number of nitrogens with one attached hydrogen (secondary N) is 1. The summed E-state index contributed by atoms with van der Waals surface area (Å²) < 4.78 is 52.4. The monoisotopic (exact) mass is 324 g/mol. The van der Waals surface area contributed by atoms with E-state index in [1.54, 1.807) is 0 Å². The second-order valence-corrected chi connectivity index (χ2v) is 4.67. The van der Waals surface area contributed by atoms with E-state index in [4.69, 9.17) is 0 Å². The van der Waals surface area contributed by atoms with Crippen molar-refractivity contribution in [3.63, 3.8) is 0 Å². The molecule has 1 heterocycles. The zero-order chi connectivity index (χ0) is 14.8. The maximum absolute atomic E-state index is 14.2. The molecule has 1 aromatic carbocycles. The highest BCUT2D eigenvalue weighted by Crippen LogP contribution is 2.35. The van der Waals surface area contributed by atoms with Gasteiger partial charge in [-0.25, -0.2) is 4.39 Å². The Kier molecular flexibility index (Phi) is 6.19. The molecule has 1 saturated heterocycles. The minimum Gasteiger partial charge on any atom is -0.314 e. The topological polar surface area (TPSA) is 15.3 Å². The van der Waals surface area contributed by atoms with Crippen molar-refractivity contribution in [3.05, 3.63) is 47.8 Å². The fraction of sp³-hybridized carbons (Fsp3) is 0.429. The molecule has 0 bridgehead atoms. The number of hydrogen-bond acceptors (Lipinski definition) is 2. The molecule has 0 unspecified atom stereocenters. The van der Waals surface area contributed by atoms with Gasteiger partial charge in [-0.1, -0.05) is 18.2 Å². The second-order valence-electron chi connectivity index (χ2n) is 4.67. The fourth-order valence-electron chi connectivity index (χ4n) is 2.43. The molecular formula is C14H17ClF4N2. The van der Waals surface area contributed by atoms with Gasteiger partial charge in [0.1, 0.15) is 5.82 Å². The van der Waals surface area contributed by atoms with Gasteiger partial charge in [0.2, 0.25) is 0 Å². The molecule has 0 saturated carbocycles. The summed E-state index contributed by atoms with van der Waals surface area (Å²) in [5.74, 6) is -1.21. The van der Waals surface area contributed by atoms with E-state index in [1.165, 1.54) is 18.2 Å².